The number of nitriles is 1. The second-order valence-electron chi connectivity index (χ2n) is 8.37. The van der Waals surface area contributed by atoms with Crippen molar-refractivity contribution in [1.82, 2.24) is 15.1 Å². The van der Waals surface area contributed by atoms with Gasteiger partial charge in [-0.2, -0.15) is 5.26 Å². The van der Waals surface area contributed by atoms with Gasteiger partial charge in [0.05, 0.1) is 19.3 Å². The van der Waals surface area contributed by atoms with E-state index in [-0.39, 0.29) is 37.0 Å². The molecule has 0 aromatic heterocycles. The van der Waals surface area contributed by atoms with Crippen molar-refractivity contribution in [3.05, 3.63) is 11.6 Å². The average molecular weight is 436 g/mol. The number of likely N-dealkylation sites (tertiary alicyclic amines) is 1. The Morgan fingerprint density at radius 1 is 1.29 bits per heavy atom. The zero-order valence-electron chi connectivity index (χ0n) is 18.4. The second kappa shape index (κ2) is 12.1. The van der Waals surface area contributed by atoms with Crippen molar-refractivity contribution in [3.63, 3.8) is 0 Å². The van der Waals surface area contributed by atoms with Gasteiger partial charge in [0.2, 0.25) is 0 Å². The molecule has 31 heavy (non-hydrogen) atoms. The molecule has 2 fully saturated rings. The predicted octanol–water partition coefficient (Wildman–Crippen LogP) is 0.127. The second-order valence-corrected chi connectivity index (χ2v) is 8.37. The number of nitrogens with zero attached hydrogens (tertiary/aromatic N) is 3. The Kier molecular flexibility index (Phi) is 9.77. The van der Waals surface area contributed by atoms with Crippen LogP contribution in [0.3, 0.4) is 0 Å². The van der Waals surface area contributed by atoms with Crippen LogP contribution in [-0.2, 0) is 14.3 Å². The number of carbonyl (C=O) groups is 2. The van der Waals surface area contributed by atoms with Crippen LogP contribution in [0.4, 0.5) is 4.79 Å². The predicted molar refractivity (Wildman–Crippen MR) is 114 cm³/mol. The van der Waals surface area contributed by atoms with Crippen molar-refractivity contribution in [3.8, 4) is 6.07 Å². The quantitative estimate of drug-likeness (QED) is 0.278. The highest BCUT2D eigenvalue weighted by atomic mass is 16.5. The number of piperidine rings is 1. The van der Waals surface area contributed by atoms with Gasteiger partial charge in [-0.15, -0.1) is 0 Å². The van der Waals surface area contributed by atoms with Gasteiger partial charge in [0, 0.05) is 31.7 Å². The number of hydrogen-bond acceptors (Lipinski definition) is 8. The molecule has 0 spiro atoms. The normalized spacial score (nSPS) is 20.7. The molecule has 0 aromatic rings. The Bertz CT molecular complexity index is 688. The molecule has 10 nitrogen and oxygen atoms in total. The minimum Gasteiger partial charge on any atom is -0.447 e. The minimum absolute atomic E-state index is 0.00160. The molecule has 0 saturated carbocycles. The molecule has 11 heteroatoms. The van der Waals surface area contributed by atoms with Gasteiger partial charge in [-0.1, -0.05) is 0 Å². The minimum atomic E-state index is -1.50. The molecule has 2 aliphatic heterocycles. The molecular formula is C20H33BN4O6. The van der Waals surface area contributed by atoms with Crippen LogP contribution in [0.2, 0.25) is 6.32 Å². The van der Waals surface area contributed by atoms with Gasteiger partial charge < -0.3 is 29.7 Å². The maximum atomic E-state index is 13.2. The third kappa shape index (κ3) is 7.81. The van der Waals surface area contributed by atoms with Crippen molar-refractivity contribution >= 4 is 19.1 Å². The van der Waals surface area contributed by atoms with E-state index in [1.165, 1.54) is 0 Å². The largest absolute Gasteiger partial charge is 0.453 e. The molecular weight excluding hydrogens is 403 g/mol. The topological polar surface area (TPSA) is 135 Å². The first-order valence-corrected chi connectivity index (χ1v) is 10.8. The summed E-state index contributed by atoms with van der Waals surface area (Å²) < 4.78 is 10.6. The van der Waals surface area contributed by atoms with E-state index < -0.39 is 18.8 Å². The lowest BCUT2D eigenvalue weighted by atomic mass is 9.87. The number of nitrogens with one attached hydrogen (secondary N) is 1. The van der Waals surface area contributed by atoms with Crippen molar-refractivity contribution in [2.75, 3.05) is 46.0 Å². The Balaban J connectivity index is 2.00. The fourth-order valence-electron chi connectivity index (χ4n) is 3.85. The lowest BCUT2D eigenvalue weighted by molar-refractivity contribution is -0.131. The molecule has 0 bridgehead atoms. The monoisotopic (exact) mass is 436 g/mol. The summed E-state index contributed by atoms with van der Waals surface area (Å²) in [5, 5.41) is 29.7. The fourth-order valence-corrected chi connectivity index (χ4v) is 3.85. The average Bonchev–Trinajstić information content (AvgIpc) is 2.76. The van der Waals surface area contributed by atoms with Crippen molar-refractivity contribution in [2.24, 2.45) is 0 Å². The Hall–Kier alpha value is -2.13. The Morgan fingerprint density at radius 2 is 2.00 bits per heavy atom. The van der Waals surface area contributed by atoms with Crippen molar-refractivity contribution in [2.45, 2.75) is 51.0 Å². The number of ether oxygens (including phenoxy) is 2. The number of amides is 2. The van der Waals surface area contributed by atoms with Gasteiger partial charge in [-0.05, 0) is 45.5 Å². The highest BCUT2D eigenvalue weighted by Gasteiger charge is 2.33. The van der Waals surface area contributed by atoms with Gasteiger partial charge in [0.25, 0.3) is 5.91 Å². The van der Waals surface area contributed by atoms with Crippen LogP contribution in [0, 0.1) is 11.3 Å². The molecule has 2 saturated heterocycles. The molecule has 0 aromatic carbocycles. The number of hydrogen-bond donors (Lipinski definition) is 3. The van der Waals surface area contributed by atoms with Gasteiger partial charge >= 0.3 is 13.2 Å². The molecule has 2 amide bonds. The molecule has 2 rings (SSSR count). The lowest BCUT2D eigenvalue weighted by Crippen LogP contribution is -2.50. The van der Waals surface area contributed by atoms with Gasteiger partial charge in [-0.3, -0.25) is 9.69 Å². The molecule has 3 N–H and O–H groups in total. The first kappa shape index (κ1) is 25.1. The summed E-state index contributed by atoms with van der Waals surface area (Å²) in [7, 11) is -1.50. The van der Waals surface area contributed by atoms with Gasteiger partial charge in [0.1, 0.15) is 18.2 Å². The Morgan fingerprint density at radius 3 is 2.65 bits per heavy atom. The number of carbonyl (C=O) groups excluding carboxylic acids is 2. The van der Waals surface area contributed by atoms with Crippen LogP contribution in [-0.4, -0.2) is 96.5 Å². The van der Waals surface area contributed by atoms with Gasteiger partial charge in [-0.25, -0.2) is 4.79 Å². The molecule has 2 heterocycles. The van der Waals surface area contributed by atoms with E-state index in [2.05, 4.69) is 16.3 Å². The number of morpholine rings is 1. The summed E-state index contributed by atoms with van der Waals surface area (Å²) in [5.41, 5.74) is -0.381. The van der Waals surface area contributed by atoms with E-state index in [0.29, 0.717) is 26.2 Å². The number of rotatable bonds is 8. The molecule has 0 aliphatic carbocycles. The van der Waals surface area contributed by atoms with Crippen LogP contribution in [0.5, 0.6) is 0 Å². The summed E-state index contributed by atoms with van der Waals surface area (Å²) in [5.74, 6) is -0.346. The van der Waals surface area contributed by atoms with E-state index in [9.17, 15) is 14.9 Å². The maximum Gasteiger partial charge on any atom is 0.453 e. The van der Waals surface area contributed by atoms with Crippen LogP contribution >= 0.6 is 0 Å². The summed E-state index contributed by atoms with van der Waals surface area (Å²) in [6.45, 7) is 7.27. The van der Waals surface area contributed by atoms with E-state index in [1.54, 1.807) is 11.0 Å². The van der Waals surface area contributed by atoms with Crippen LogP contribution < -0.4 is 5.32 Å². The maximum absolute atomic E-state index is 13.2. The summed E-state index contributed by atoms with van der Waals surface area (Å²) >= 11 is 0. The third-order valence-corrected chi connectivity index (χ3v) is 5.64. The van der Waals surface area contributed by atoms with E-state index in [4.69, 9.17) is 19.5 Å². The first-order chi connectivity index (χ1) is 14.7. The lowest BCUT2D eigenvalue weighted by Gasteiger charge is -2.39. The smallest absolute Gasteiger partial charge is 0.447 e. The standard InChI is InChI=1S/C20H33BN4O6/c1-20(2,24-9-11-30-12-10-24)13-16(14-22)18(26)25-8-4-3-5-17(25)15-31-19(27)23-7-6-21(28)29/h13,17,28-29H,3-12,15H2,1-2H3,(H,23,27)/t17-/m1/s1. The highest BCUT2D eigenvalue weighted by Crippen LogP contribution is 2.23. The zero-order chi connectivity index (χ0) is 22.9. The first-order valence-electron chi connectivity index (χ1n) is 10.8. The molecule has 172 valence electrons. The summed E-state index contributed by atoms with van der Waals surface area (Å²) in [4.78, 5) is 28.8. The SMILES string of the molecule is CC(C)(C=C(C#N)C(=O)N1CCCC[C@@H]1COC(=O)NCCB(O)O)N1CCOCC1. The van der Waals surface area contributed by atoms with Gasteiger partial charge in [0.15, 0.2) is 0 Å². The van der Waals surface area contributed by atoms with Crippen LogP contribution in [0.1, 0.15) is 33.1 Å². The van der Waals surface area contributed by atoms with Crippen molar-refractivity contribution in [1.29, 1.82) is 5.26 Å². The molecule has 1 atom stereocenters. The summed E-state index contributed by atoms with van der Waals surface area (Å²) in [6, 6.07) is 1.76. The van der Waals surface area contributed by atoms with E-state index in [1.807, 2.05) is 13.8 Å². The zero-order valence-corrected chi connectivity index (χ0v) is 18.4. The van der Waals surface area contributed by atoms with E-state index in [0.717, 1.165) is 25.9 Å². The molecule has 2 aliphatic rings. The fraction of sp³-hybridized carbons (Fsp3) is 0.750. The van der Waals surface area contributed by atoms with E-state index >= 15 is 0 Å². The highest BCUT2D eigenvalue weighted by molar-refractivity contribution is 6.41. The number of alkyl carbamates (subject to hydrolysis) is 1. The van der Waals surface area contributed by atoms with Crippen molar-refractivity contribution < 1.29 is 29.1 Å². The summed E-state index contributed by atoms with van der Waals surface area (Å²) in [6.07, 6.45) is 3.46. The van der Waals surface area contributed by atoms with Crippen LogP contribution in [0.25, 0.3) is 0 Å². The molecule has 0 radical (unpaired) electrons. The third-order valence-electron chi connectivity index (χ3n) is 5.64. The Labute approximate surface area is 183 Å². The molecule has 0 unspecified atom stereocenters. The van der Waals surface area contributed by atoms with Crippen LogP contribution in [0.15, 0.2) is 11.6 Å².